The molecule has 0 saturated carbocycles. The quantitative estimate of drug-likeness (QED) is 0.128. The SMILES string of the molecule is O=C(NCCNC(=O)c1cc2cc3c4c(c2oc1=O)CCCN4CCC3)c1ccc(-n2nc(-c3ccccc3O)nc2-c2ccccc2O)cc1. The molecule has 0 saturated heterocycles. The van der Waals surface area contributed by atoms with E-state index in [0.717, 1.165) is 49.7 Å². The molecule has 4 N–H and O–H groups in total. The Hall–Kier alpha value is -6.43. The molecule has 0 fully saturated rings. The maximum absolute atomic E-state index is 13.0. The van der Waals surface area contributed by atoms with Gasteiger partial charge in [0.15, 0.2) is 11.6 Å². The van der Waals surface area contributed by atoms with Crippen LogP contribution in [0.2, 0.25) is 0 Å². The van der Waals surface area contributed by atoms with E-state index in [2.05, 4.69) is 25.6 Å². The molecule has 6 aromatic rings. The van der Waals surface area contributed by atoms with Gasteiger partial charge in [-0.3, -0.25) is 9.59 Å². The van der Waals surface area contributed by atoms with Crippen molar-refractivity contribution in [1.82, 2.24) is 25.4 Å². The van der Waals surface area contributed by atoms with Crippen molar-refractivity contribution in [3.8, 4) is 40.0 Å². The van der Waals surface area contributed by atoms with Crippen LogP contribution in [-0.4, -0.2) is 63.0 Å². The maximum Gasteiger partial charge on any atom is 0.349 e. The predicted molar refractivity (Wildman–Crippen MR) is 192 cm³/mol. The van der Waals surface area contributed by atoms with Crippen molar-refractivity contribution in [1.29, 1.82) is 0 Å². The molecule has 12 heteroatoms. The van der Waals surface area contributed by atoms with Crippen LogP contribution in [0, 0.1) is 0 Å². The minimum atomic E-state index is -0.682. The Kier molecular flexibility index (Phi) is 8.19. The molecule has 0 unspecified atom stereocenters. The van der Waals surface area contributed by atoms with Crippen molar-refractivity contribution < 1.29 is 24.2 Å². The third-order valence-electron chi connectivity index (χ3n) is 9.43. The fraction of sp³-hybridized carbons (Fsp3) is 0.205. The molecule has 8 rings (SSSR count). The number of benzene rings is 4. The molecule has 2 aliphatic rings. The second-order valence-corrected chi connectivity index (χ2v) is 12.7. The summed E-state index contributed by atoms with van der Waals surface area (Å²) in [6.45, 7) is 2.24. The molecular formula is C39H34N6O6. The van der Waals surface area contributed by atoms with Gasteiger partial charge < -0.3 is 30.2 Å². The van der Waals surface area contributed by atoms with Crippen LogP contribution in [0.4, 0.5) is 5.69 Å². The summed E-state index contributed by atoms with van der Waals surface area (Å²) < 4.78 is 7.29. The fourth-order valence-corrected chi connectivity index (χ4v) is 7.01. The lowest BCUT2D eigenvalue weighted by molar-refractivity contribution is 0.0925. The van der Waals surface area contributed by atoms with Gasteiger partial charge in [0.2, 0.25) is 0 Å². The average molecular weight is 683 g/mol. The number of carbonyl (C=O) groups is 2. The Labute approximate surface area is 292 Å². The number of hydrogen-bond donors (Lipinski definition) is 4. The largest absolute Gasteiger partial charge is 0.507 e. The first kappa shape index (κ1) is 31.8. The summed E-state index contributed by atoms with van der Waals surface area (Å²) in [5.41, 5.74) is 5.11. The summed E-state index contributed by atoms with van der Waals surface area (Å²) in [5, 5.41) is 31.9. The zero-order chi connectivity index (χ0) is 35.1. The lowest BCUT2D eigenvalue weighted by Crippen LogP contribution is -2.36. The molecule has 0 aliphatic carbocycles. The Morgan fingerprint density at radius 2 is 1.47 bits per heavy atom. The summed E-state index contributed by atoms with van der Waals surface area (Å²) in [6.07, 6.45) is 3.87. The van der Waals surface area contributed by atoms with Crippen LogP contribution in [0.3, 0.4) is 0 Å². The van der Waals surface area contributed by atoms with Crippen LogP contribution in [0.25, 0.3) is 39.4 Å². The number of carbonyl (C=O) groups excluding carboxylic acids is 2. The first-order valence-corrected chi connectivity index (χ1v) is 16.9. The zero-order valence-corrected chi connectivity index (χ0v) is 27.6. The lowest BCUT2D eigenvalue weighted by Gasteiger charge is -2.37. The molecule has 51 heavy (non-hydrogen) atoms. The minimum Gasteiger partial charge on any atom is -0.507 e. The number of fused-ring (bicyclic) bond motifs is 2. The van der Waals surface area contributed by atoms with Gasteiger partial charge in [-0.2, -0.15) is 0 Å². The van der Waals surface area contributed by atoms with Crippen molar-refractivity contribution in [2.24, 2.45) is 0 Å². The first-order chi connectivity index (χ1) is 24.9. The number of rotatable bonds is 8. The van der Waals surface area contributed by atoms with Gasteiger partial charge in [-0.1, -0.05) is 24.3 Å². The number of hydrogen-bond acceptors (Lipinski definition) is 9. The van der Waals surface area contributed by atoms with Gasteiger partial charge in [-0.15, -0.1) is 5.10 Å². The van der Waals surface area contributed by atoms with E-state index in [-0.39, 0.29) is 41.9 Å². The second-order valence-electron chi connectivity index (χ2n) is 12.7. The monoisotopic (exact) mass is 682 g/mol. The number of aromatic hydroxyl groups is 2. The lowest BCUT2D eigenvalue weighted by atomic mass is 9.90. The number of nitrogens with zero attached hydrogens (tertiary/aromatic N) is 4. The van der Waals surface area contributed by atoms with E-state index in [1.54, 1.807) is 78.9 Å². The van der Waals surface area contributed by atoms with E-state index in [0.29, 0.717) is 33.8 Å². The average Bonchev–Trinajstić information content (AvgIpc) is 3.59. The normalized spacial score (nSPS) is 13.5. The Bertz CT molecular complexity index is 2380. The summed E-state index contributed by atoms with van der Waals surface area (Å²) in [7, 11) is 0. The van der Waals surface area contributed by atoms with Crippen molar-refractivity contribution >= 4 is 28.5 Å². The van der Waals surface area contributed by atoms with Crippen LogP contribution >= 0.6 is 0 Å². The summed E-state index contributed by atoms with van der Waals surface area (Å²) >= 11 is 0. The van der Waals surface area contributed by atoms with E-state index in [4.69, 9.17) is 4.42 Å². The molecule has 4 heterocycles. The van der Waals surface area contributed by atoms with Crippen molar-refractivity contribution in [2.75, 3.05) is 31.1 Å². The third-order valence-corrected chi connectivity index (χ3v) is 9.43. The van der Waals surface area contributed by atoms with Gasteiger partial charge in [0.1, 0.15) is 22.6 Å². The highest BCUT2D eigenvalue weighted by Crippen LogP contribution is 2.40. The van der Waals surface area contributed by atoms with Gasteiger partial charge in [0.05, 0.1) is 16.8 Å². The van der Waals surface area contributed by atoms with E-state index in [9.17, 15) is 24.6 Å². The molecule has 4 aromatic carbocycles. The van der Waals surface area contributed by atoms with Crippen molar-refractivity contribution in [2.45, 2.75) is 25.7 Å². The maximum atomic E-state index is 13.0. The Morgan fingerprint density at radius 3 is 2.20 bits per heavy atom. The molecular weight excluding hydrogens is 648 g/mol. The van der Waals surface area contributed by atoms with E-state index in [1.165, 1.54) is 15.9 Å². The number of anilines is 1. The molecule has 2 amide bonds. The summed E-state index contributed by atoms with van der Waals surface area (Å²) in [6, 6.07) is 23.8. The van der Waals surface area contributed by atoms with Crippen LogP contribution in [0.15, 0.2) is 94.1 Å². The standard InChI is InChI=1S/C39H34N6O6/c46-31-11-3-1-8-27(31)35-42-36(28-9-2-4-12-32(28)47)45(43-35)26-15-13-23(14-16-26)37(48)40-17-18-41-38(49)30-22-25-21-24-7-5-19-44-20-6-10-29(33(24)44)34(25)51-39(30)50/h1-4,8-9,11-16,21-22,46-47H,5-7,10,17-20H2,(H,40,48)(H,41,49). The predicted octanol–water partition coefficient (Wildman–Crippen LogP) is 4.98. The van der Waals surface area contributed by atoms with Crippen LogP contribution in [0.1, 0.15) is 44.7 Å². The van der Waals surface area contributed by atoms with Gasteiger partial charge in [-0.05, 0) is 91.9 Å². The molecule has 12 nitrogen and oxygen atoms in total. The molecule has 0 bridgehead atoms. The summed E-state index contributed by atoms with van der Waals surface area (Å²) in [4.78, 5) is 46.0. The van der Waals surface area contributed by atoms with Crippen LogP contribution < -0.4 is 21.2 Å². The number of aryl methyl sites for hydroxylation is 2. The van der Waals surface area contributed by atoms with Crippen molar-refractivity contribution in [3.63, 3.8) is 0 Å². The molecule has 0 radical (unpaired) electrons. The molecule has 0 atom stereocenters. The number of aromatic nitrogens is 3. The number of phenols is 2. The van der Waals surface area contributed by atoms with Gasteiger partial charge >= 0.3 is 5.63 Å². The fourth-order valence-electron chi connectivity index (χ4n) is 7.01. The Balaban J connectivity index is 0.943. The number of para-hydroxylation sites is 2. The molecule has 2 aliphatic heterocycles. The molecule has 0 spiro atoms. The van der Waals surface area contributed by atoms with E-state index in [1.807, 2.05) is 6.07 Å². The third kappa shape index (κ3) is 5.94. The number of nitrogens with one attached hydrogen (secondary N) is 2. The topological polar surface area (TPSA) is 163 Å². The number of phenolic OH excluding ortho intramolecular Hbond substituents is 2. The van der Waals surface area contributed by atoms with Gasteiger partial charge in [0, 0.05) is 48.4 Å². The van der Waals surface area contributed by atoms with Crippen molar-refractivity contribution in [3.05, 3.63) is 118 Å². The second kappa shape index (κ2) is 13.1. The molecule has 2 aromatic heterocycles. The highest BCUT2D eigenvalue weighted by molar-refractivity contribution is 5.98. The van der Waals surface area contributed by atoms with Crippen LogP contribution in [-0.2, 0) is 12.8 Å². The van der Waals surface area contributed by atoms with Gasteiger partial charge in [0.25, 0.3) is 11.8 Å². The Morgan fingerprint density at radius 1 is 0.804 bits per heavy atom. The highest BCUT2D eigenvalue weighted by atomic mass is 16.4. The smallest absolute Gasteiger partial charge is 0.349 e. The molecule has 256 valence electrons. The van der Waals surface area contributed by atoms with Crippen LogP contribution in [0.5, 0.6) is 11.5 Å². The minimum absolute atomic E-state index is 0.0131. The number of amides is 2. The van der Waals surface area contributed by atoms with E-state index >= 15 is 0 Å². The highest BCUT2D eigenvalue weighted by Gasteiger charge is 2.28. The first-order valence-electron chi connectivity index (χ1n) is 16.9. The summed E-state index contributed by atoms with van der Waals surface area (Å²) in [5.74, 6) is -0.283. The zero-order valence-electron chi connectivity index (χ0n) is 27.6. The van der Waals surface area contributed by atoms with E-state index < -0.39 is 11.5 Å². The van der Waals surface area contributed by atoms with Gasteiger partial charge in [-0.25, -0.2) is 14.5 Å².